The SMILES string of the molecule is Cc1ccccc1NC1CCCC1O. The average molecular weight is 191 g/mol. The maximum Gasteiger partial charge on any atom is 0.0741 e. The number of aliphatic hydroxyl groups is 1. The van der Waals surface area contributed by atoms with Crippen molar-refractivity contribution in [2.45, 2.75) is 38.3 Å². The molecular weight excluding hydrogens is 174 g/mol. The van der Waals surface area contributed by atoms with Crippen LogP contribution in [0.2, 0.25) is 0 Å². The van der Waals surface area contributed by atoms with Crippen LogP contribution in [0.1, 0.15) is 24.8 Å². The standard InChI is InChI=1S/C12H17NO/c1-9-5-2-3-6-10(9)13-11-7-4-8-12(11)14/h2-3,5-6,11-14H,4,7-8H2,1H3. The Balaban J connectivity index is 2.07. The number of aliphatic hydroxyl groups excluding tert-OH is 1. The molecule has 1 aromatic carbocycles. The highest BCUT2D eigenvalue weighted by atomic mass is 16.3. The van der Waals surface area contributed by atoms with E-state index in [9.17, 15) is 5.11 Å². The molecule has 1 aliphatic rings. The van der Waals surface area contributed by atoms with E-state index in [0.717, 1.165) is 24.9 Å². The van der Waals surface area contributed by atoms with Crippen LogP contribution >= 0.6 is 0 Å². The van der Waals surface area contributed by atoms with Crippen LogP contribution in [0.25, 0.3) is 0 Å². The van der Waals surface area contributed by atoms with E-state index in [1.165, 1.54) is 5.56 Å². The van der Waals surface area contributed by atoms with Gasteiger partial charge in [-0.2, -0.15) is 0 Å². The van der Waals surface area contributed by atoms with Crippen LogP contribution < -0.4 is 5.32 Å². The fourth-order valence-electron chi connectivity index (χ4n) is 2.04. The van der Waals surface area contributed by atoms with Crippen molar-refractivity contribution in [2.75, 3.05) is 5.32 Å². The summed E-state index contributed by atoms with van der Waals surface area (Å²) >= 11 is 0. The van der Waals surface area contributed by atoms with Crippen molar-refractivity contribution in [1.29, 1.82) is 0 Å². The zero-order valence-electron chi connectivity index (χ0n) is 8.53. The number of nitrogens with one attached hydrogen (secondary N) is 1. The lowest BCUT2D eigenvalue weighted by Crippen LogP contribution is -2.28. The summed E-state index contributed by atoms with van der Waals surface area (Å²) in [4.78, 5) is 0. The fraction of sp³-hybridized carbons (Fsp3) is 0.500. The molecule has 1 aromatic rings. The summed E-state index contributed by atoms with van der Waals surface area (Å²) in [5.74, 6) is 0. The second kappa shape index (κ2) is 4.01. The molecule has 1 aliphatic carbocycles. The summed E-state index contributed by atoms with van der Waals surface area (Å²) in [6.45, 7) is 2.09. The molecule has 14 heavy (non-hydrogen) atoms. The van der Waals surface area contributed by atoms with Gasteiger partial charge in [-0.3, -0.25) is 0 Å². The van der Waals surface area contributed by atoms with Crippen LogP contribution in [-0.2, 0) is 0 Å². The molecule has 2 atom stereocenters. The minimum Gasteiger partial charge on any atom is -0.391 e. The second-order valence-electron chi connectivity index (χ2n) is 4.06. The van der Waals surface area contributed by atoms with Crippen molar-refractivity contribution >= 4 is 5.69 Å². The number of para-hydroxylation sites is 1. The molecule has 2 nitrogen and oxygen atoms in total. The molecule has 0 aliphatic heterocycles. The monoisotopic (exact) mass is 191 g/mol. The Bertz CT molecular complexity index is 311. The first-order valence-electron chi connectivity index (χ1n) is 5.27. The van der Waals surface area contributed by atoms with Gasteiger partial charge in [-0.25, -0.2) is 0 Å². The maximum atomic E-state index is 9.68. The number of rotatable bonds is 2. The molecule has 1 fully saturated rings. The number of anilines is 1. The third-order valence-corrected chi connectivity index (χ3v) is 2.97. The lowest BCUT2D eigenvalue weighted by atomic mass is 10.1. The van der Waals surface area contributed by atoms with Crippen LogP contribution in [0.15, 0.2) is 24.3 Å². The van der Waals surface area contributed by atoms with Crippen molar-refractivity contribution < 1.29 is 5.11 Å². The lowest BCUT2D eigenvalue weighted by molar-refractivity contribution is 0.172. The van der Waals surface area contributed by atoms with Crippen LogP contribution in [0.3, 0.4) is 0 Å². The van der Waals surface area contributed by atoms with E-state index in [1.54, 1.807) is 0 Å². The highest BCUT2D eigenvalue weighted by Gasteiger charge is 2.24. The number of aryl methyl sites for hydroxylation is 1. The molecule has 0 aromatic heterocycles. The summed E-state index contributed by atoms with van der Waals surface area (Å²) in [6.07, 6.45) is 2.97. The second-order valence-corrected chi connectivity index (χ2v) is 4.06. The zero-order valence-corrected chi connectivity index (χ0v) is 8.53. The molecule has 2 heteroatoms. The maximum absolute atomic E-state index is 9.68. The summed E-state index contributed by atoms with van der Waals surface area (Å²) in [6, 6.07) is 8.46. The summed E-state index contributed by atoms with van der Waals surface area (Å²) in [5, 5.41) is 13.1. The van der Waals surface area contributed by atoms with E-state index in [1.807, 2.05) is 12.1 Å². The molecule has 2 unspecified atom stereocenters. The Morgan fingerprint density at radius 3 is 2.71 bits per heavy atom. The predicted molar refractivity (Wildman–Crippen MR) is 58.4 cm³/mol. The Kier molecular flexibility index (Phi) is 2.73. The largest absolute Gasteiger partial charge is 0.391 e. The van der Waals surface area contributed by atoms with Gasteiger partial charge in [0, 0.05) is 5.69 Å². The average Bonchev–Trinajstić information content (AvgIpc) is 2.56. The molecule has 2 N–H and O–H groups in total. The van der Waals surface area contributed by atoms with Gasteiger partial charge in [-0.1, -0.05) is 18.2 Å². The lowest BCUT2D eigenvalue weighted by Gasteiger charge is -2.19. The van der Waals surface area contributed by atoms with Crippen LogP contribution in [-0.4, -0.2) is 17.3 Å². The minimum absolute atomic E-state index is 0.172. The Hall–Kier alpha value is -1.02. The van der Waals surface area contributed by atoms with E-state index in [-0.39, 0.29) is 12.1 Å². The third-order valence-electron chi connectivity index (χ3n) is 2.97. The molecule has 0 radical (unpaired) electrons. The summed E-state index contributed by atoms with van der Waals surface area (Å²) in [7, 11) is 0. The smallest absolute Gasteiger partial charge is 0.0741 e. The van der Waals surface area contributed by atoms with E-state index < -0.39 is 0 Å². The van der Waals surface area contributed by atoms with E-state index in [4.69, 9.17) is 0 Å². The van der Waals surface area contributed by atoms with Crippen molar-refractivity contribution in [3.63, 3.8) is 0 Å². The quantitative estimate of drug-likeness (QED) is 0.752. The van der Waals surface area contributed by atoms with Gasteiger partial charge in [0.05, 0.1) is 12.1 Å². The number of hydrogen-bond acceptors (Lipinski definition) is 2. The number of benzene rings is 1. The Morgan fingerprint density at radius 1 is 1.29 bits per heavy atom. The van der Waals surface area contributed by atoms with Gasteiger partial charge in [0.1, 0.15) is 0 Å². The van der Waals surface area contributed by atoms with Crippen LogP contribution in [0.4, 0.5) is 5.69 Å². The molecule has 2 rings (SSSR count). The van der Waals surface area contributed by atoms with Gasteiger partial charge in [0.25, 0.3) is 0 Å². The topological polar surface area (TPSA) is 32.3 Å². The molecule has 0 saturated heterocycles. The van der Waals surface area contributed by atoms with E-state index in [2.05, 4.69) is 24.4 Å². The van der Waals surface area contributed by atoms with Gasteiger partial charge in [0.15, 0.2) is 0 Å². The van der Waals surface area contributed by atoms with Gasteiger partial charge in [0.2, 0.25) is 0 Å². The molecule has 76 valence electrons. The first kappa shape index (κ1) is 9.53. The van der Waals surface area contributed by atoms with Crippen molar-refractivity contribution in [3.8, 4) is 0 Å². The van der Waals surface area contributed by atoms with E-state index >= 15 is 0 Å². The van der Waals surface area contributed by atoms with Gasteiger partial charge in [-0.05, 0) is 37.8 Å². The molecule has 0 heterocycles. The van der Waals surface area contributed by atoms with Gasteiger partial charge < -0.3 is 10.4 Å². The Morgan fingerprint density at radius 2 is 2.07 bits per heavy atom. The first-order chi connectivity index (χ1) is 6.77. The van der Waals surface area contributed by atoms with Crippen molar-refractivity contribution in [3.05, 3.63) is 29.8 Å². The fourth-order valence-corrected chi connectivity index (χ4v) is 2.04. The zero-order chi connectivity index (χ0) is 9.97. The molecule has 0 bridgehead atoms. The summed E-state index contributed by atoms with van der Waals surface area (Å²) in [5.41, 5.74) is 2.39. The molecule has 0 spiro atoms. The van der Waals surface area contributed by atoms with Crippen LogP contribution in [0, 0.1) is 6.92 Å². The normalized spacial score (nSPS) is 26.4. The van der Waals surface area contributed by atoms with Crippen molar-refractivity contribution in [1.82, 2.24) is 0 Å². The highest BCUT2D eigenvalue weighted by molar-refractivity contribution is 5.51. The molecule has 0 amide bonds. The van der Waals surface area contributed by atoms with Crippen LogP contribution in [0.5, 0.6) is 0 Å². The van der Waals surface area contributed by atoms with Gasteiger partial charge >= 0.3 is 0 Å². The molecule has 1 saturated carbocycles. The number of hydrogen-bond donors (Lipinski definition) is 2. The summed E-state index contributed by atoms with van der Waals surface area (Å²) < 4.78 is 0. The first-order valence-corrected chi connectivity index (χ1v) is 5.27. The highest BCUT2D eigenvalue weighted by Crippen LogP contribution is 2.24. The van der Waals surface area contributed by atoms with E-state index in [0.29, 0.717) is 0 Å². The third kappa shape index (κ3) is 1.90. The minimum atomic E-state index is -0.172. The predicted octanol–water partition coefficient (Wildman–Crippen LogP) is 2.32. The Labute approximate surface area is 85.0 Å². The van der Waals surface area contributed by atoms with Crippen molar-refractivity contribution in [2.24, 2.45) is 0 Å². The van der Waals surface area contributed by atoms with Gasteiger partial charge in [-0.15, -0.1) is 0 Å². The molecular formula is C12H17NO.